The monoisotopic (exact) mass is 466 g/mol. The number of para-hydroxylation sites is 1. The maximum Gasteiger partial charge on any atom is 0.420 e. The molecule has 2 aromatic carbocycles. The lowest BCUT2D eigenvalue weighted by molar-refractivity contribution is -0.139. The molecular weight excluding hydrogens is 445 g/mol. The van der Waals surface area contributed by atoms with Crippen LogP contribution in [0.3, 0.4) is 0 Å². The molecule has 170 valence electrons. The van der Waals surface area contributed by atoms with Gasteiger partial charge >= 0.3 is 12.2 Å². The zero-order valence-corrected chi connectivity index (χ0v) is 17.9. The molecule has 6 nitrogen and oxygen atoms in total. The van der Waals surface area contributed by atoms with Gasteiger partial charge in [-0.1, -0.05) is 38.0 Å². The first-order chi connectivity index (χ1) is 15.3. The van der Waals surface area contributed by atoms with Crippen molar-refractivity contribution in [2.24, 2.45) is 0 Å². The Bertz CT molecular complexity index is 1070. The molecule has 0 fully saturated rings. The van der Waals surface area contributed by atoms with E-state index in [1.165, 1.54) is 18.2 Å². The van der Waals surface area contributed by atoms with Crippen LogP contribution in [0.5, 0.6) is 5.75 Å². The van der Waals surface area contributed by atoms with E-state index in [1.807, 2.05) is 6.92 Å². The average molecular weight is 466 g/mol. The molecule has 0 spiro atoms. The van der Waals surface area contributed by atoms with Crippen molar-refractivity contribution in [2.45, 2.75) is 37.3 Å². The van der Waals surface area contributed by atoms with Gasteiger partial charge in [0, 0.05) is 10.3 Å². The Morgan fingerprint density at radius 3 is 2.59 bits per heavy atom. The summed E-state index contributed by atoms with van der Waals surface area (Å²) >= 11 is 0.641. The predicted molar refractivity (Wildman–Crippen MR) is 115 cm³/mol. The van der Waals surface area contributed by atoms with Gasteiger partial charge in [-0.15, -0.1) is 0 Å². The fourth-order valence-corrected chi connectivity index (χ4v) is 3.42. The van der Waals surface area contributed by atoms with Crippen molar-refractivity contribution in [3.8, 4) is 5.75 Å². The van der Waals surface area contributed by atoms with Crippen molar-refractivity contribution in [1.29, 1.82) is 0 Å². The van der Waals surface area contributed by atoms with Crippen LogP contribution in [-0.4, -0.2) is 18.5 Å². The molecular formula is C22H21F3N2O4S. The predicted octanol–water partition coefficient (Wildman–Crippen LogP) is 6.17. The van der Waals surface area contributed by atoms with E-state index in [-0.39, 0.29) is 23.0 Å². The van der Waals surface area contributed by atoms with E-state index in [0.29, 0.717) is 29.3 Å². The highest BCUT2D eigenvalue weighted by molar-refractivity contribution is 7.98. The Kier molecular flexibility index (Phi) is 7.68. The largest absolute Gasteiger partial charge is 0.493 e. The van der Waals surface area contributed by atoms with Gasteiger partial charge in [-0.3, -0.25) is 14.8 Å². The second kappa shape index (κ2) is 10.4. The summed E-state index contributed by atoms with van der Waals surface area (Å²) in [7, 11) is 0. The zero-order chi connectivity index (χ0) is 23.1. The average Bonchev–Trinajstić information content (AvgIpc) is 3.19. The minimum absolute atomic E-state index is 0.0599. The molecule has 3 aromatic rings. The molecule has 0 atom stereocenters. The number of unbranched alkanes of at least 4 members (excludes halogenated alkanes) is 2. The third-order valence-corrected chi connectivity index (χ3v) is 5.18. The summed E-state index contributed by atoms with van der Waals surface area (Å²) in [4.78, 5) is 24.3. The first-order valence-electron chi connectivity index (χ1n) is 9.88. The Hall–Kier alpha value is -3.14. The number of imide groups is 1. The maximum absolute atomic E-state index is 13.4. The number of hydrogen-bond acceptors (Lipinski definition) is 5. The molecule has 3 rings (SSSR count). The number of urea groups is 1. The SMILES string of the molecule is CCCCCOc1ccc(SNC(=O)NC(=O)c2cc3ccccc3o2)cc1C(F)(F)F. The fourth-order valence-electron chi connectivity index (χ4n) is 2.84. The van der Waals surface area contributed by atoms with Crippen molar-refractivity contribution in [3.05, 3.63) is 59.9 Å². The number of benzene rings is 2. The lowest BCUT2D eigenvalue weighted by Gasteiger charge is -2.15. The summed E-state index contributed by atoms with van der Waals surface area (Å²) in [5, 5.41) is 2.77. The van der Waals surface area contributed by atoms with Gasteiger partial charge in [-0.25, -0.2) is 4.79 Å². The number of carbonyl (C=O) groups excluding carboxylic acids is 2. The second-order valence-electron chi connectivity index (χ2n) is 6.85. The molecule has 0 aliphatic rings. The summed E-state index contributed by atoms with van der Waals surface area (Å²) in [6, 6.07) is 11.0. The molecule has 10 heteroatoms. The summed E-state index contributed by atoms with van der Waals surface area (Å²) in [6.45, 7) is 2.18. The van der Waals surface area contributed by atoms with Gasteiger partial charge in [0.05, 0.1) is 12.2 Å². The molecule has 0 radical (unpaired) electrons. The Morgan fingerprint density at radius 1 is 1.09 bits per heavy atom. The van der Waals surface area contributed by atoms with E-state index in [1.54, 1.807) is 24.3 Å². The lowest BCUT2D eigenvalue weighted by atomic mass is 10.2. The van der Waals surface area contributed by atoms with E-state index in [4.69, 9.17) is 9.15 Å². The van der Waals surface area contributed by atoms with Gasteiger partial charge in [-0.05, 0) is 48.7 Å². The van der Waals surface area contributed by atoms with Crippen LogP contribution in [0.4, 0.5) is 18.0 Å². The van der Waals surface area contributed by atoms with Crippen molar-refractivity contribution in [2.75, 3.05) is 6.61 Å². The molecule has 0 bridgehead atoms. The number of furan rings is 1. The molecule has 0 aliphatic carbocycles. The lowest BCUT2D eigenvalue weighted by Crippen LogP contribution is -2.36. The van der Waals surface area contributed by atoms with Crippen LogP contribution in [0, 0.1) is 0 Å². The number of nitrogens with one attached hydrogen (secondary N) is 2. The van der Waals surface area contributed by atoms with Crippen LogP contribution in [0.1, 0.15) is 42.3 Å². The Morgan fingerprint density at radius 2 is 1.88 bits per heavy atom. The number of halogens is 3. The van der Waals surface area contributed by atoms with E-state index < -0.39 is 23.7 Å². The number of hydrogen-bond donors (Lipinski definition) is 2. The third kappa shape index (κ3) is 6.19. The Labute approximate surface area is 186 Å². The van der Waals surface area contributed by atoms with Crippen LogP contribution < -0.4 is 14.8 Å². The Balaban J connectivity index is 1.60. The summed E-state index contributed by atoms with van der Waals surface area (Å²) < 4.78 is 53.2. The van der Waals surface area contributed by atoms with Gasteiger partial charge < -0.3 is 9.15 Å². The van der Waals surface area contributed by atoms with Crippen molar-refractivity contribution < 1.29 is 31.9 Å². The van der Waals surface area contributed by atoms with Crippen LogP contribution >= 0.6 is 11.9 Å². The number of amides is 3. The van der Waals surface area contributed by atoms with Crippen LogP contribution in [0.2, 0.25) is 0 Å². The van der Waals surface area contributed by atoms with Crippen LogP contribution in [-0.2, 0) is 6.18 Å². The minimum atomic E-state index is -4.61. The highest BCUT2D eigenvalue weighted by Crippen LogP contribution is 2.38. The second-order valence-corrected chi connectivity index (χ2v) is 7.73. The number of ether oxygens (including phenoxy) is 1. The molecule has 1 heterocycles. The number of carbonyl (C=O) groups is 2. The molecule has 1 aromatic heterocycles. The van der Waals surface area contributed by atoms with E-state index in [0.717, 1.165) is 18.9 Å². The normalized spacial score (nSPS) is 11.4. The molecule has 32 heavy (non-hydrogen) atoms. The van der Waals surface area contributed by atoms with Crippen LogP contribution in [0.25, 0.3) is 11.0 Å². The summed E-state index contributed by atoms with van der Waals surface area (Å²) in [6.07, 6.45) is -2.17. The smallest absolute Gasteiger partial charge is 0.420 e. The molecule has 0 saturated carbocycles. The van der Waals surface area contributed by atoms with Crippen molar-refractivity contribution in [1.82, 2.24) is 10.0 Å². The molecule has 0 saturated heterocycles. The van der Waals surface area contributed by atoms with Gasteiger partial charge in [-0.2, -0.15) is 13.2 Å². The molecule has 0 unspecified atom stereocenters. The topological polar surface area (TPSA) is 80.6 Å². The first-order valence-corrected chi connectivity index (χ1v) is 10.7. The standard InChI is InChI=1S/C22H21F3N2O4S/c1-2-3-6-11-30-18-10-9-15(13-16(18)22(23,24)25)32-27-21(29)26-20(28)19-12-14-7-4-5-8-17(14)31-19/h4-5,7-10,12-13H,2-3,6,11H2,1H3,(H2,26,27,28,29). The quantitative estimate of drug-likeness (QED) is 0.307. The minimum Gasteiger partial charge on any atom is -0.493 e. The van der Waals surface area contributed by atoms with Gasteiger partial charge in [0.2, 0.25) is 0 Å². The third-order valence-electron chi connectivity index (χ3n) is 4.40. The molecule has 2 N–H and O–H groups in total. The van der Waals surface area contributed by atoms with Crippen molar-refractivity contribution in [3.63, 3.8) is 0 Å². The first kappa shape index (κ1) is 23.5. The van der Waals surface area contributed by atoms with E-state index >= 15 is 0 Å². The van der Waals surface area contributed by atoms with E-state index in [9.17, 15) is 22.8 Å². The fraction of sp³-hybridized carbons (Fsp3) is 0.273. The molecule has 3 amide bonds. The van der Waals surface area contributed by atoms with Crippen LogP contribution in [0.15, 0.2) is 57.8 Å². The number of rotatable bonds is 8. The maximum atomic E-state index is 13.4. The summed E-state index contributed by atoms with van der Waals surface area (Å²) in [5.74, 6) is -1.09. The number of alkyl halides is 3. The van der Waals surface area contributed by atoms with Crippen molar-refractivity contribution >= 4 is 34.9 Å². The number of fused-ring (bicyclic) bond motifs is 1. The van der Waals surface area contributed by atoms with E-state index in [2.05, 4.69) is 10.0 Å². The summed E-state index contributed by atoms with van der Waals surface area (Å²) in [5.41, 5.74) is -0.441. The highest BCUT2D eigenvalue weighted by Gasteiger charge is 2.34. The molecule has 0 aliphatic heterocycles. The van der Waals surface area contributed by atoms with Gasteiger partial charge in [0.15, 0.2) is 5.76 Å². The van der Waals surface area contributed by atoms with Gasteiger partial charge in [0.25, 0.3) is 5.91 Å². The van der Waals surface area contributed by atoms with Gasteiger partial charge in [0.1, 0.15) is 11.3 Å². The highest BCUT2D eigenvalue weighted by atomic mass is 32.2. The zero-order valence-electron chi connectivity index (χ0n) is 17.1.